The summed E-state index contributed by atoms with van der Waals surface area (Å²) in [6.07, 6.45) is 0. The highest BCUT2D eigenvalue weighted by molar-refractivity contribution is 5.95. The number of halogens is 1. The van der Waals surface area contributed by atoms with Gasteiger partial charge in [0.2, 0.25) is 0 Å². The molecule has 0 aromatic heterocycles. The second-order valence-corrected chi connectivity index (χ2v) is 4.58. The predicted octanol–water partition coefficient (Wildman–Crippen LogP) is 1.68. The first kappa shape index (κ1) is 16.7. The Morgan fingerprint density at radius 2 is 1.71 bits per heavy atom. The number of carbonyl (C=O) groups excluding carboxylic acids is 1. The Morgan fingerprint density at radius 1 is 1.19 bits per heavy atom. The van der Waals surface area contributed by atoms with E-state index in [0.29, 0.717) is 0 Å². The molecule has 1 rings (SSSR count). The van der Waals surface area contributed by atoms with Gasteiger partial charge >= 0.3 is 5.97 Å². The maximum Gasteiger partial charge on any atom is 0.308 e. The van der Waals surface area contributed by atoms with E-state index in [-0.39, 0.29) is 17.1 Å². The molecule has 1 aromatic carbocycles. The Kier molecular flexibility index (Phi) is 5.52. The van der Waals surface area contributed by atoms with E-state index in [9.17, 15) is 14.0 Å². The molecular formula is C14H18FNO5. The van der Waals surface area contributed by atoms with E-state index in [4.69, 9.17) is 14.6 Å². The number of methoxy groups -OCH3 is 2. The van der Waals surface area contributed by atoms with Crippen molar-refractivity contribution >= 4 is 11.9 Å². The lowest BCUT2D eigenvalue weighted by Crippen LogP contribution is -2.40. The molecule has 2 atom stereocenters. The maximum atomic E-state index is 13.9. The summed E-state index contributed by atoms with van der Waals surface area (Å²) in [6.45, 7) is 2.99. The summed E-state index contributed by atoms with van der Waals surface area (Å²) in [6, 6.07) is 1.60. The smallest absolute Gasteiger partial charge is 0.308 e. The van der Waals surface area contributed by atoms with Crippen molar-refractivity contribution in [1.82, 2.24) is 5.32 Å². The molecule has 0 fully saturated rings. The molecule has 0 bridgehead atoms. The van der Waals surface area contributed by atoms with Crippen LogP contribution in [0.4, 0.5) is 4.39 Å². The quantitative estimate of drug-likeness (QED) is 0.835. The monoisotopic (exact) mass is 299 g/mol. The molecule has 0 aliphatic rings. The minimum atomic E-state index is -1.05. The summed E-state index contributed by atoms with van der Waals surface area (Å²) in [5, 5.41) is 11.3. The van der Waals surface area contributed by atoms with E-state index in [1.165, 1.54) is 34.1 Å². The largest absolute Gasteiger partial charge is 0.493 e. The standard InChI is InChI=1S/C14H18FNO5/c1-7(14(18)19)8(2)16-13(17)9-5-11(20-3)12(21-4)6-10(9)15/h5-8H,1-4H3,(H,16,17)(H,18,19). The van der Waals surface area contributed by atoms with Crippen LogP contribution in [0, 0.1) is 11.7 Å². The molecule has 7 heteroatoms. The molecule has 2 unspecified atom stereocenters. The van der Waals surface area contributed by atoms with Crippen LogP contribution in [0.1, 0.15) is 24.2 Å². The van der Waals surface area contributed by atoms with Crippen LogP contribution in [0.25, 0.3) is 0 Å². The summed E-state index contributed by atoms with van der Waals surface area (Å²) in [5.41, 5.74) is -0.239. The molecular weight excluding hydrogens is 281 g/mol. The number of aliphatic carboxylic acids is 1. The van der Waals surface area contributed by atoms with E-state index in [2.05, 4.69) is 5.32 Å². The fraction of sp³-hybridized carbons (Fsp3) is 0.429. The molecule has 0 aliphatic heterocycles. The Balaban J connectivity index is 3.00. The van der Waals surface area contributed by atoms with Gasteiger partial charge in [-0.1, -0.05) is 0 Å². The van der Waals surface area contributed by atoms with Crippen LogP contribution < -0.4 is 14.8 Å². The van der Waals surface area contributed by atoms with Crippen LogP contribution >= 0.6 is 0 Å². The van der Waals surface area contributed by atoms with E-state index in [1.54, 1.807) is 0 Å². The van der Waals surface area contributed by atoms with Crippen LogP contribution in [0.3, 0.4) is 0 Å². The highest BCUT2D eigenvalue weighted by atomic mass is 19.1. The number of rotatable bonds is 6. The molecule has 0 spiro atoms. The van der Waals surface area contributed by atoms with Crippen molar-refractivity contribution < 1.29 is 28.6 Å². The fourth-order valence-electron chi connectivity index (χ4n) is 1.65. The molecule has 2 N–H and O–H groups in total. The zero-order valence-electron chi connectivity index (χ0n) is 12.3. The molecule has 21 heavy (non-hydrogen) atoms. The summed E-state index contributed by atoms with van der Waals surface area (Å²) in [4.78, 5) is 22.9. The topological polar surface area (TPSA) is 84.9 Å². The third-order valence-corrected chi connectivity index (χ3v) is 3.22. The van der Waals surface area contributed by atoms with Crippen molar-refractivity contribution in [2.45, 2.75) is 19.9 Å². The van der Waals surface area contributed by atoms with Gasteiger partial charge in [0.05, 0.1) is 25.7 Å². The van der Waals surface area contributed by atoms with Crippen LogP contribution in [0.15, 0.2) is 12.1 Å². The van der Waals surface area contributed by atoms with E-state index >= 15 is 0 Å². The van der Waals surface area contributed by atoms with Crippen molar-refractivity contribution in [3.63, 3.8) is 0 Å². The van der Waals surface area contributed by atoms with Gasteiger partial charge in [-0.25, -0.2) is 4.39 Å². The molecule has 0 radical (unpaired) electrons. The minimum absolute atomic E-state index is 0.165. The van der Waals surface area contributed by atoms with Crippen molar-refractivity contribution in [3.8, 4) is 11.5 Å². The number of amides is 1. The van der Waals surface area contributed by atoms with Gasteiger partial charge in [0.25, 0.3) is 5.91 Å². The van der Waals surface area contributed by atoms with Crippen LogP contribution in [0.5, 0.6) is 11.5 Å². The number of hydrogen-bond donors (Lipinski definition) is 2. The third kappa shape index (κ3) is 3.84. The van der Waals surface area contributed by atoms with Crippen molar-refractivity contribution in [2.24, 2.45) is 5.92 Å². The summed E-state index contributed by atoms with van der Waals surface area (Å²) in [5.74, 6) is -2.95. The highest BCUT2D eigenvalue weighted by Crippen LogP contribution is 2.29. The minimum Gasteiger partial charge on any atom is -0.493 e. The number of carboxylic acid groups (broad SMARTS) is 1. The van der Waals surface area contributed by atoms with Crippen molar-refractivity contribution in [3.05, 3.63) is 23.5 Å². The molecule has 0 saturated heterocycles. The average Bonchev–Trinajstić information content (AvgIpc) is 2.45. The second-order valence-electron chi connectivity index (χ2n) is 4.58. The number of carboxylic acids is 1. The van der Waals surface area contributed by atoms with Crippen LogP contribution in [-0.4, -0.2) is 37.2 Å². The number of benzene rings is 1. The molecule has 0 heterocycles. The predicted molar refractivity (Wildman–Crippen MR) is 73.2 cm³/mol. The maximum absolute atomic E-state index is 13.9. The average molecular weight is 299 g/mol. The van der Waals surface area contributed by atoms with Gasteiger partial charge in [0.1, 0.15) is 5.82 Å². The zero-order chi connectivity index (χ0) is 16.2. The summed E-state index contributed by atoms with van der Waals surface area (Å²) < 4.78 is 23.8. The number of carbonyl (C=O) groups is 2. The Hall–Kier alpha value is -2.31. The molecule has 0 saturated carbocycles. The summed E-state index contributed by atoms with van der Waals surface area (Å²) in [7, 11) is 2.72. The normalized spacial score (nSPS) is 13.2. The third-order valence-electron chi connectivity index (χ3n) is 3.22. The fourth-order valence-corrected chi connectivity index (χ4v) is 1.65. The lowest BCUT2D eigenvalue weighted by atomic mass is 10.0. The van der Waals surface area contributed by atoms with Gasteiger partial charge < -0.3 is 19.9 Å². The zero-order valence-corrected chi connectivity index (χ0v) is 12.3. The van der Waals surface area contributed by atoms with Crippen LogP contribution in [-0.2, 0) is 4.79 Å². The second kappa shape index (κ2) is 6.92. The van der Waals surface area contributed by atoms with Gasteiger partial charge in [-0.3, -0.25) is 9.59 Å². The first-order valence-electron chi connectivity index (χ1n) is 6.27. The van der Waals surface area contributed by atoms with E-state index in [0.717, 1.165) is 6.07 Å². The van der Waals surface area contributed by atoms with Crippen molar-refractivity contribution in [1.29, 1.82) is 0 Å². The lowest BCUT2D eigenvalue weighted by molar-refractivity contribution is -0.141. The first-order chi connectivity index (χ1) is 9.81. The number of hydrogen-bond acceptors (Lipinski definition) is 4. The van der Waals surface area contributed by atoms with E-state index < -0.39 is 29.7 Å². The Morgan fingerprint density at radius 3 is 2.19 bits per heavy atom. The molecule has 6 nitrogen and oxygen atoms in total. The van der Waals surface area contributed by atoms with Gasteiger partial charge in [0, 0.05) is 12.1 Å². The van der Waals surface area contributed by atoms with Gasteiger partial charge in [-0.05, 0) is 19.9 Å². The number of ether oxygens (including phenoxy) is 2. The SMILES string of the molecule is COc1cc(F)c(C(=O)NC(C)C(C)C(=O)O)cc1OC. The Labute approximate surface area is 121 Å². The van der Waals surface area contributed by atoms with E-state index in [1.807, 2.05) is 0 Å². The van der Waals surface area contributed by atoms with Gasteiger partial charge in [-0.15, -0.1) is 0 Å². The molecule has 116 valence electrons. The summed E-state index contributed by atoms with van der Waals surface area (Å²) >= 11 is 0. The molecule has 1 aromatic rings. The van der Waals surface area contributed by atoms with Gasteiger partial charge in [0.15, 0.2) is 11.5 Å². The lowest BCUT2D eigenvalue weighted by Gasteiger charge is -2.18. The molecule has 1 amide bonds. The Bertz CT molecular complexity index is 546. The highest BCUT2D eigenvalue weighted by Gasteiger charge is 2.23. The van der Waals surface area contributed by atoms with Gasteiger partial charge in [-0.2, -0.15) is 0 Å². The van der Waals surface area contributed by atoms with Crippen LogP contribution in [0.2, 0.25) is 0 Å². The molecule has 0 aliphatic carbocycles. The first-order valence-corrected chi connectivity index (χ1v) is 6.27. The number of nitrogens with one attached hydrogen (secondary N) is 1. The van der Waals surface area contributed by atoms with Crippen molar-refractivity contribution in [2.75, 3.05) is 14.2 Å².